The average molecular weight is 365 g/mol. The van der Waals surface area contributed by atoms with Crippen molar-refractivity contribution < 1.29 is 9.59 Å². The molecular weight excluding hydrogens is 346 g/mol. The number of amides is 2. The predicted octanol–water partition coefficient (Wildman–Crippen LogP) is 0.928. The number of carbonyl (C=O) groups is 2. The van der Waals surface area contributed by atoms with E-state index in [0.717, 1.165) is 5.56 Å². The largest absolute Gasteiger partial charge is 0.347 e. The average Bonchev–Trinajstić information content (AvgIpc) is 3.00. The molecule has 1 aliphatic rings. The zero-order valence-corrected chi connectivity index (χ0v) is 15.0. The van der Waals surface area contributed by atoms with E-state index >= 15 is 0 Å². The first kappa shape index (κ1) is 17.0. The van der Waals surface area contributed by atoms with Gasteiger partial charge in [-0.05, 0) is 30.7 Å². The van der Waals surface area contributed by atoms with Gasteiger partial charge in [0.05, 0.1) is 6.04 Å². The minimum atomic E-state index is -0.346. The van der Waals surface area contributed by atoms with Crippen LogP contribution in [0.2, 0.25) is 0 Å². The van der Waals surface area contributed by atoms with Crippen molar-refractivity contribution in [1.82, 2.24) is 24.4 Å². The van der Waals surface area contributed by atoms with Gasteiger partial charge in [0.1, 0.15) is 0 Å². The molecular formula is C19H19N5O3. The van der Waals surface area contributed by atoms with Crippen LogP contribution >= 0.6 is 0 Å². The van der Waals surface area contributed by atoms with Gasteiger partial charge in [0.25, 0.3) is 11.8 Å². The third-order valence-corrected chi connectivity index (χ3v) is 5.06. The topological polar surface area (TPSA) is 90.8 Å². The Labute approximate surface area is 155 Å². The maximum Gasteiger partial charge on any atom is 0.347 e. The predicted molar refractivity (Wildman–Crippen MR) is 98.8 cm³/mol. The summed E-state index contributed by atoms with van der Waals surface area (Å²) in [6.45, 7) is 2.91. The van der Waals surface area contributed by atoms with Gasteiger partial charge in [-0.15, -0.1) is 0 Å². The van der Waals surface area contributed by atoms with Crippen molar-refractivity contribution in [2.24, 2.45) is 0 Å². The lowest BCUT2D eigenvalue weighted by molar-refractivity contribution is 0.0296. The number of aromatic amines is 1. The highest BCUT2D eigenvalue weighted by Gasteiger charge is 2.36. The number of likely N-dealkylation sites (N-methyl/N-ethyl adjacent to an activating group) is 1. The van der Waals surface area contributed by atoms with E-state index in [0.29, 0.717) is 29.9 Å². The summed E-state index contributed by atoms with van der Waals surface area (Å²) < 4.78 is 1.34. The summed E-state index contributed by atoms with van der Waals surface area (Å²) in [5.41, 5.74) is 2.14. The number of fused-ring (bicyclic) bond motifs is 1. The Morgan fingerprint density at radius 1 is 1.22 bits per heavy atom. The van der Waals surface area contributed by atoms with Crippen molar-refractivity contribution in [3.05, 3.63) is 69.8 Å². The van der Waals surface area contributed by atoms with Gasteiger partial charge < -0.3 is 9.80 Å². The minimum Gasteiger partial charge on any atom is -0.335 e. The maximum absolute atomic E-state index is 12.7. The molecule has 0 bridgehead atoms. The highest BCUT2D eigenvalue weighted by Crippen LogP contribution is 2.20. The van der Waals surface area contributed by atoms with Crippen LogP contribution in [0.15, 0.2) is 47.4 Å². The molecule has 0 atom stereocenters. The molecule has 138 valence electrons. The van der Waals surface area contributed by atoms with Gasteiger partial charge in [-0.25, -0.2) is 9.89 Å². The standard InChI is InChI=1S/C19H19N5O3/c1-12-5-3-4-6-15(12)18(26)23-10-14(11-23)22(2)17(25)13-7-8-24-16(9-13)20-21-19(24)27/h3-9,14H,10-11H2,1-2H3,(H,21,27). The Morgan fingerprint density at radius 3 is 2.70 bits per heavy atom. The lowest BCUT2D eigenvalue weighted by Gasteiger charge is -2.44. The highest BCUT2D eigenvalue weighted by molar-refractivity contribution is 5.97. The van der Waals surface area contributed by atoms with Crippen LogP contribution in [0, 0.1) is 6.92 Å². The Hall–Kier alpha value is -3.42. The molecule has 1 aromatic carbocycles. The van der Waals surface area contributed by atoms with E-state index < -0.39 is 0 Å². The van der Waals surface area contributed by atoms with Crippen molar-refractivity contribution in [3.8, 4) is 0 Å². The first-order valence-corrected chi connectivity index (χ1v) is 8.64. The number of nitrogens with zero attached hydrogens (tertiary/aromatic N) is 4. The maximum atomic E-state index is 12.7. The smallest absolute Gasteiger partial charge is 0.335 e. The van der Waals surface area contributed by atoms with E-state index in [1.807, 2.05) is 31.2 Å². The molecule has 2 aromatic heterocycles. The molecule has 1 N–H and O–H groups in total. The second-order valence-electron chi connectivity index (χ2n) is 6.77. The van der Waals surface area contributed by atoms with Crippen molar-refractivity contribution in [3.63, 3.8) is 0 Å². The van der Waals surface area contributed by atoms with Crippen LogP contribution in [0.3, 0.4) is 0 Å². The van der Waals surface area contributed by atoms with Crippen molar-refractivity contribution >= 4 is 17.5 Å². The third kappa shape index (κ3) is 2.88. The zero-order chi connectivity index (χ0) is 19.1. The fourth-order valence-corrected chi connectivity index (χ4v) is 3.26. The molecule has 1 saturated heterocycles. The lowest BCUT2D eigenvalue weighted by Crippen LogP contribution is -2.61. The number of H-pyrrole nitrogens is 1. The third-order valence-electron chi connectivity index (χ3n) is 5.06. The Kier molecular flexibility index (Phi) is 4.02. The molecule has 8 nitrogen and oxygen atoms in total. The first-order valence-electron chi connectivity index (χ1n) is 8.64. The SMILES string of the molecule is Cc1ccccc1C(=O)N1CC(N(C)C(=O)c2ccn3c(=O)[nH]nc3c2)C1. The highest BCUT2D eigenvalue weighted by atomic mass is 16.2. The van der Waals surface area contributed by atoms with Gasteiger partial charge in [0.15, 0.2) is 5.65 Å². The molecule has 2 amide bonds. The zero-order valence-electron chi connectivity index (χ0n) is 15.0. The van der Waals surface area contributed by atoms with E-state index in [2.05, 4.69) is 10.2 Å². The number of benzene rings is 1. The normalized spacial score (nSPS) is 14.2. The molecule has 27 heavy (non-hydrogen) atoms. The lowest BCUT2D eigenvalue weighted by atomic mass is 10.0. The van der Waals surface area contributed by atoms with Crippen LogP contribution in [-0.2, 0) is 0 Å². The number of likely N-dealkylation sites (tertiary alicyclic amines) is 1. The van der Waals surface area contributed by atoms with E-state index in [1.54, 1.807) is 29.0 Å². The number of aryl methyl sites for hydroxylation is 1. The van der Waals surface area contributed by atoms with Crippen LogP contribution < -0.4 is 5.69 Å². The summed E-state index contributed by atoms with van der Waals surface area (Å²) in [5.74, 6) is -0.177. The fourth-order valence-electron chi connectivity index (χ4n) is 3.26. The van der Waals surface area contributed by atoms with E-state index in [1.165, 1.54) is 10.6 Å². The molecule has 0 unspecified atom stereocenters. The Morgan fingerprint density at radius 2 is 1.96 bits per heavy atom. The first-order chi connectivity index (χ1) is 13.0. The molecule has 0 aliphatic carbocycles. The number of hydrogen-bond acceptors (Lipinski definition) is 4. The minimum absolute atomic E-state index is 0.0116. The Bertz CT molecular complexity index is 1090. The molecule has 0 radical (unpaired) electrons. The molecule has 1 aliphatic heterocycles. The molecule has 1 fully saturated rings. The van der Waals surface area contributed by atoms with Crippen molar-refractivity contribution in [2.75, 3.05) is 20.1 Å². The van der Waals surface area contributed by atoms with Crippen molar-refractivity contribution in [1.29, 1.82) is 0 Å². The van der Waals surface area contributed by atoms with Crippen molar-refractivity contribution in [2.45, 2.75) is 13.0 Å². The summed E-state index contributed by atoms with van der Waals surface area (Å²) in [6.07, 6.45) is 1.52. The van der Waals surface area contributed by atoms with Gasteiger partial charge in [0.2, 0.25) is 0 Å². The van der Waals surface area contributed by atoms with E-state index in [4.69, 9.17) is 0 Å². The van der Waals surface area contributed by atoms with Gasteiger partial charge >= 0.3 is 5.69 Å². The monoisotopic (exact) mass is 365 g/mol. The van der Waals surface area contributed by atoms with Crippen LogP contribution in [0.25, 0.3) is 5.65 Å². The van der Waals surface area contributed by atoms with Gasteiger partial charge in [-0.1, -0.05) is 18.2 Å². The van der Waals surface area contributed by atoms with Crippen LogP contribution in [0.4, 0.5) is 0 Å². The second kappa shape index (κ2) is 6.39. The van der Waals surface area contributed by atoms with Crippen LogP contribution in [0.5, 0.6) is 0 Å². The molecule has 3 heterocycles. The Balaban J connectivity index is 1.44. The number of carbonyl (C=O) groups excluding carboxylic acids is 2. The quantitative estimate of drug-likeness (QED) is 0.747. The van der Waals surface area contributed by atoms with E-state index in [-0.39, 0.29) is 23.5 Å². The van der Waals surface area contributed by atoms with Crippen LogP contribution in [0.1, 0.15) is 26.3 Å². The summed E-state index contributed by atoms with van der Waals surface area (Å²) in [6, 6.07) is 10.6. The fraction of sp³-hybridized carbons (Fsp3) is 0.263. The second-order valence-corrected chi connectivity index (χ2v) is 6.77. The number of nitrogens with one attached hydrogen (secondary N) is 1. The molecule has 0 saturated carbocycles. The summed E-state index contributed by atoms with van der Waals surface area (Å²) in [7, 11) is 1.73. The number of pyridine rings is 1. The summed E-state index contributed by atoms with van der Waals surface area (Å²) in [4.78, 5) is 40.2. The van der Waals surface area contributed by atoms with Gasteiger partial charge in [-0.2, -0.15) is 5.10 Å². The van der Waals surface area contributed by atoms with Gasteiger partial charge in [-0.3, -0.25) is 14.0 Å². The molecule has 3 aromatic rings. The molecule has 0 spiro atoms. The summed E-state index contributed by atoms with van der Waals surface area (Å²) in [5, 5.41) is 6.22. The number of rotatable bonds is 3. The molecule has 4 rings (SSSR count). The molecule has 8 heteroatoms. The van der Waals surface area contributed by atoms with Crippen LogP contribution in [-0.4, -0.2) is 62.4 Å². The number of hydrogen-bond donors (Lipinski definition) is 1. The van der Waals surface area contributed by atoms with E-state index in [9.17, 15) is 14.4 Å². The summed E-state index contributed by atoms with van der Waals surface area (Å²) >= 11 is 0. The number of aromatic nitrogens is 3. The van der Waals surface area contributed by atoms with Gasteiger partial charge in [0, 0.05) is 37.5 Å².